The molecule has 0 N–H and O–H groups in total. The van der Waals surface area contributed by atoms with Crippen LogP contribution in [0.25, 0.3) is 86.6 Å². The van der Waals surface area contributed by atoms with Gasteiger partial charge in [0.05, 0.1) is 5.69 Å². The van der Waals surface area contributed by atoms with Crippen molar-refractivity contribution in [3.63, 3.8) is 0 Å². The quantitative estimate of drug-likeness (QED) is 0.148. The van der Waals surface area contributed by atoms with Gasteiger partial charge in [-0.2, -0.15) is 0 Å². The average molecular weight is 782 g/mol. The van der Waals surface area contributed by atoms with Gasteiger partial charge in [0.15, 0.2) is 0 Å². The number of benzene rings is 10. The van der Waals surface area contributed by atoms with E-state index in [-0.39, 0.29) is 0 Å². The Bertz CT molecular complexity index is 3290. The molecule has 2 heteroatoms. The molecule has 0 radical (unpaired) electrons. The van der Waals surface area contributed by atoms with Gasteiger partial charge >= 0.3 is 0 Å². The minimum absolute atomic E-state index is 1.11. The molecule has 0 unspecified atom stereocenters. The highest BCUT2D eigenvalue weighted by Gasteiger charge is 2.19. The molecule has 0 spiro atoms. The Kier molecular flexibility index (Phi) is 9.11. The fraction of sp³-hybridized carbons (Fsp3) is 0. The summed E-state index contributed by atoms with van der Waals surface area (Å²) >= 11 is 1.86. The van der Waals surface area contributed by atoms with Crippen molar-refractivity contribution < 1.29 is 0 Å². The van der Waals surface area contributed by atoms with Gasteiger partial charge in [0.1, 0.15) is 0 Å². The zero-order valence-electron chi connectivity index (χ0n) is 32.9. The number of nitrogens with zero attached hydrogens (tertiary/aromatic N) is 1. The van der Waals surface area contributed by atoms with E-state index in [9.17, 15) is 0 Å². The lowest BCUT2D eigenvalue weighted by molar-refractivity contribution is 1.30. The first kappa shape index (κ1) is 35.6. The van der Waals surface area contributed by atoms with E-state index in [0.29, 0.717) is 0 Å². The van der Waals surface area contributed by atoms with Gasteiger partial charge in [-0.25, -0.2) is 0 Å². The molecule has 0 saturated carbocycles. The molecule has 0 aliphatic rings. The highest BCUT2D eigenvalue weighted by Crippen LogP contribution is 2.45. The molecule has 0 aliphatic carbocycles. The molecule has 11 rings (SSSR count). The molecule has 0 fully saturated rings. The van der Waals surface area contributed by atoms with Crippen molar-refractivity contribution in [2.24, 2.45) is 0 Å². The number of hydrogen-bond donors (Lipinski definition) is 0. The predicted octanol–water partition coefficient (Wildman–Crippen LogP) is 17.0. The minimum atomic E-state index is 1.11. The second-order valence-corrected chi connectivity index (χ2v) is 16.4. The molecular formula is C58H39NS. The van der Waals surface area contributed by atoms with E-state index in [1.165, 1.54) is 92.3 Å². The Morgan fingerprint density at radius 3 is 1.47 bits per heavy atom. The van der Waals surface area contributed by atoms with Crippen LogP contribution in [0.5, 0.6) is 0 Å². The van der Waals surface area contributed by atoms with Crippen LogP contribution < -0.4 is 4.90 Å². The second-order valence-electron chi connectivity index (χ2n) is 15.3. The Morgan fingerprint density at radius 1 is 0.283 bits per heavy atom. The molecule has 1 nitrogen and oxygen atoms in total. The lowest BCUT2D eigenvalue weighted by atomic mass is 9.94. The van der Waals surface area contributed by atoms with Crippen LogP contribution in [0, 0.1) is 0 Å². The van der Waals surface area contributed by atoms with Gasteiger partial charge in [0.25, 0.3) is 0 Å². The fourth-order valence-corrected chi connectivity index (χ4v) is 9.80. The van der Waals surface area contributed by atoms with E-state index in [1.807, 2.05) is 11.3 Å². The standard InChI is InChI=1S/C58H39NS/c1-2-13-44(14-3-1)52-18-6-7-19-53(52)45-32-36-51(37-33-45)59(55-21-11-23-57-58(55)54-20-8-9-22-56(54)60-57)50-34-30-42(31-35-50)41-24-26-43(27-25-41)47-16-10-17-48(38-47)49-29-28-40-12-4-5-15-46(40)39-49/h1-39H. The van der Waals surface area contributed by atoms with Crippen LogP contribution in [0.3, 0.4) is 0 Å². The molecule has 60 heavy (non-hydrogen) atoms. The molecular weight excluding hydrogens is 743 g/mol. The first-order valence-corrected chi connectivity index (χ1v) is 21.3. The van der Waals surface area contributed by atoms with Crippen molar-refractivity contribution in [1.82, 2.24) is 0 Å². The summed E-state index contributed by atoms with van der Waals surface area (Å²) in [4.78, 5) is 2.42. The molecule has 282 valence electrons. The Hall–Kier alpha value is -7.52. The summed E-state index contributed by atoms with van der Waals surface area (Å²) in [7, 11) is 0. The van der Waals surface area contributed by atoms with Gasteiger partial charge in [0.2, 0.25) is 0 Å². The van der Waals surface area contributed by atoms with E-state index in [1.54, 1.807) is 0 Å². The molecule has 1 heterocycles. The Labute approximate surface area is 354 Å². The van der Waals surface area contributed by atoms with E-state index in [2.05, 4.69) is 241 Å². The van der Waals surface area contributed by atoms with Crippen molar-refractivity contribution in [3.8, 4) is 55.6 Å². The van der Waals surface area contributed by atoms with Gasteiger partial charge in [0, 0.05) is 31.5 Å². The van der Waals surface area contributed by atoms with Gasteiger partial charge in [-0.15, -0.1) is 11.3 Å². The largest absolute Gasteiger partial charge is 0.310 e. The third-order valence-corrected chi connectivity index (χ3v) is 12.8. The molecule has 0 atom stereocenters. The Morgan fingerprint density at radius 2 is 0.750 bits per heavy atom. The molecule has 0 aliphatic heterocycles. The highest BCUT2D eigenvalue weighted by atomic mass is 32.1. The number of anilines is 3. The summed E-state index contributed by atoms with van der Waals surface area (Å²) in [6.07, 6.45) is 0. The van der Waals surface area contributed by atoms with Crippen molar-refractivity contribution in [2.75, 3.05) is 4.90 Å². The smallest absolute Gasteiger partial charge is 0.0554 e. The van der Waals surface area contributed by atoms with Crippen LogP contribution in [-0.4, -0.2) is 0 Å². The van der Waals surface area contributed by atoms with Crippen LogP contribution in [0.2, 0.25) is 0 Å². The van der Waals surface area contributed by atoms with E-state index in [0.717, 1.165) is 11.4 Å². The average Bonchev–Trinajstić information content (AvgIpc) is 3.72. The zero-order chi connectivity index (χ0) is 39.8. The summed E-state index contributed by atoms with van der Waals surface area (Å²) in [5.74, 6) is 0. The Balaban J connectivity index is 0.938. The zero-order valence-corrected chi connectivity index (χ0v) is 33.7. The van der Waals surface area contributed by atoms with Gasteiger partial charge in [-0.1, -0.05) is 182 Å². The minimum Gasteiger partial charge on any atom is -0.310 e. The normalized spacial score (nSPS) is 11.3. The van der Waals surface area contributed by atoms with Gasteiger partial charge in [-0.05, 0) is 121 Å². The summed E-state index contributed by atoms with van der Waals surface area (Å²) in [5, 5.41) is 5.08. The number of rotatable bonds is 8. The third-order valence-electron chi connectivity index (χ3n) is 11.7. The maximum atomic E-state index is 2.42. The maximum absolute atomic E-state index is 2.42. The van der Waals surface area contributed by atoms with Crippen LogP contribution in [0.1, 0.15) is 0 Å². The lowest BCUT2D eigenvalue weighted by Gasteiger charge is -2.27. The molecule has 0 bridgehead atoms. The number of thiophene rings is 1. The highest BCUT2D eigenvalue weighted by molar-refractivity contribution is 7.26. The van der Waals surface area contributed by atoms with Crippen molar-refractivity contribution in [3.05, 3.63) is 237 Å². The van der Waals surface area contributed by atoms with Crippen molar-refractivity contribution in [2.45, 2.75) is 0 Å². The number of fused-ring (bicyclic) bond motifs is 4. The summed E-state index contributed by atoms with van der Waals surface area (Å²) in [6, 6.07) is 86.1. The fourth-order valence-electron chi connectivity index (χ4n) is 8.67. The SMILES string of the molecule is c1ccc(-c2ccccc2-c2ccc(N(c3ccc(-c4ccc(-c5cccc(-c6ccc7ccccc7c6)c5)cc4)cc3)c3cccc4sc5ccccc5c34)cc2)cc1. The monoisotopic (exact) mass is 781 g/mol. The first-order chi connectivity index (χ1) is 29.7. The first-order valence-electron chi connectivity index (χ1n) is 20.5. The van der Waals surface area contributed by atoms with E-state index >= 15 is 0 Å². The number of hydrogen-bond acceptors (Lipinski definition) is 2. The predicted molar refractivity (Wildman–Crippen MR) is 259 cm³/mol. The molecule has 11 aromatic rings. The van der Waals surface area contributed by atoms with Gasteiger partial charge < -0.3 is 4.90 Å². The molecule has 1 aromatic heterocycles. The van der Waals surface area contributed by atoms with Crippen molar-refractivity contribution >= 4 is 59.3 Å². The second kappa shape index (κ2) is 15.3. The summed E-state index contributed by atoms with van der Waals surface area (Å²) < 4.78 is 2.58. The molecule has 0 amide bonds. The van der Waals surface area contributed by atoms with Gasteiger partial charge in [-0.3, -0.25) is 0 Å². The maximum Gasteiger partial charge on any atom is 0.0554 e. The summed E-state index contributed by atoms with van der Waals surface area (Å²) in [6.45, 7) is 0. The molecule has 0 saturated heterocycles. The van der Waals surface area contributed by atoms with Crippen LogP contribution in [0.4, 0.5) is 17.1 Å². The third kappa shape index (κ3) is 6.63. The van der Waals surface area contributed by atoms with Crippen LogP contribution >= 0.6 is 11.3 Å². The topological polar surface area (TPSA) is 3.24 Å². The van der Waals surface area contributed by atoms with Crippen LogP contribution in [-0.2, 0) is 0 Å². The van der Waals surface area contributed by atoms with Crippen molar-refractivity contribution in [1.29, 1.82) is 0 Å². The van der Waals surface area contributed by atoms with E-state index in [4.69, 9.17) is 0 Å². The molecule has 10 aromatic carbocycles. The van der Waals surface area contributed by atoms with Crippen LogP contribution in [0.15, 0.2) is 237 Å². The lowest BCUT2D eigenvalue weighted by Crippen LogP contribution is -2.10. The van der Waals surface area contributed by atoms with E-state index < -0.39 is 0 Å². The summed E-state index contributed by atoms with van der Waals surface area (Å²) in [5.41, 5.74) is 15.5.